The number of hydrogen-bond donors (Lipinski definition) is 1. The van der Waals surface area contributed by atoms with Crippen molar-refractivity contribution in [2.24, 2.45) is 5.92 Å². The van der Waals surface area contributed by atoms with Crippen LogP contribution in [-0.2, 0) is 0 Å². The molecule has 0 radical (unpaired) electrons. The van der Waals surface area contributed by atoms with Gasteiger partial charge < -0.3 is 10.1 Å². The Balaban J connectivity index is 1.96. The van der Waals surface area contributed by atoms with E-state index in [9.17, 15) is 4.39 Å². The zero-order valence-corrected chi connectivity index (χ0v) is 11.9. The molecule has 1 unspecified atom stereocenters. The Hall–Kier alpha value is -1.25. The third-order valence-electron chi connectivity index (χ3n) is 3.98. The van der Waals surface area contributed by atoms with Crippen LogP contribution in [0.15, 0.2) is 18.2 Å². The summed E-state index contributed by atoms with van der Waals surface area (Å²) in [5.41, 5.74) is 0.846. The van der Waals surface area contributed by atoms with Gasteiger partial charge in [0.15, 0.2) is 11.6 Å². The van der Waals surface area contributed by atoms with Crippen LogP contribution in [0.3, 0.4) is 0 Å². The summed E-state index contributed by atoms with van der Waals surface area (Å²) in [6.07, 6.45) is 6.59. The summed E-state index contributed by atoms with van der Waals surface area (Å²) in [5.74, 6) is 0.754. The lowest BCUT2D eigenvalue weighted by molar-refractivity contribution is 0.321. The second-order valence-electron chi connectivity index (χ2n) is 5.41. The van der Waals surface area contributed by atoms with E-state index in [1.807, 2.05) is 13.0 Å². The topological polar surface area (TPSA) is 21.3 Å². The molecule has 2 nitrogen and oxygen atoms in total. The second-order valence-corrected chi connectivity index (χ2v) is 5.41. The number of ether oxygens (including phenoxy) is 1. The van der Waals surface area contributed by atoms with Crippen LogP contribution in [0, 0.1) is 11.7 Å². The van der Waals surface area contributed by atoms with Crippen LogP contribution in [0.25, 0.3) is 0 Å². The third kappa shape index (κ3) is 3.85. The maximum absolute atomic E-state index is 13.8. The average Bonchev–Trinajstić information content (AvgIpc) is 2.43. The van der Waals surface area contributed by atoms with E-state index < -0.39 is 0 Å². The van der Waals surface area contributed by atoms with E-state index >= 15 is 0 Å². The standard InChI is InChI=1S/C16H24FNO/c1-3-19-16-10-9-14(11-15(16)17)18-12(2)13-7-5-4-6-8-13/h9-13,18H,3-8H2,1-2H3. The molecule has 0 aromatic heterocycles. The molecule has 106 valence electrons. The monoisotopic (exact) mass is 265 g/mol. The molecule has 0 saturated heterocycles. The van der Waals surface area contributed by atoms with Gasteiger partial charge in [-0.15, -0.1) is 0 Å². The highest BCUT2D eigenvalue weighted by molar-refractivity contribution is 5.48. The van der Waals surface area contributed by atoms with Gasteiger partial charge in [-0.1, -0.05) is 19.3 Å². The van der Waals surface area contributed by atoms with E-state index in [2.05, 4.69) is 12.2 Å². The molecule has 1 aliphatic carbocycles. The molecule has 1 saturated carbocycles. The van der Waals surface area contributed by atoms with E-state index in [1.165, 1.54) is 38.2 Å². The van der Waals surface area contributed by atoms with E-state index in [-0.39, 0.29) is 5.82 Å². The van der Waals surface area contributed by atoms with Gasteiger partial charge in [0.2, 0.25) is 0 Å². The van der Waals surface area contributed by atoms with Gasteiger partial charge in [0, 0.05) is 17.8 Å². The van der Waals surface area contributed by atoms with E-state index in [0.29, 0.717) is 24.3 Å². The van der Waals surface area contributed by atoms with Crippen molar-refractivity contribution in [3.63, 3.8) is 0 Å². The van der Waals surface area contributed by atoms with Gasteiger partial charge in [-0.05, 0) is 44.7 Å². The normalized spacial score (nSPS) is 18.1. The molecular weight excluding hydrogens is 241 g/mol. The lowest BCUT2D eigenvalue weighted by Crippen LogP contribution is -2.27. The van der Waals surface area contributed by atoms with Crippen LogP contribution in [0.2, 0.25) is 0 Å². The van der Waals surface area contributed by atoms with E-state index in [4.69, 9.17) is 4.74 Å². The Bertz CT molecular complexity index is 402. The van der Waals surface area contributed by atoms with Crippen LogP contribution < -0.4 is 10.1 Å². The predicted octanol–water partition coefficient (Wildman–Crippen LogP) is 4.61. The number of anilines is 1. The molecule has 1 aliphatic rings. The molecule has 0 spiro atoms. The highest BCUT2D eigenvalue weighted by Crippen LogP contribution is 2.29. The van der Waals surface area contributed by atoms with Crippen molar-refractivity contribution >= 4 is 5.69 Å². The first kappa shape index (κ1) is 14.2. The van der Waals surface area contributed by atoms with Crippen LogP contribution >= 0.6 is 0 Å². The minimum atomic E-state index is -0.289. The number of hydrogen-bond acceptors (Lipinski definition) is 2. The maximum atomic E-state index is 13.8. The third-order valence-corrected chi connectivity index (χ3v) is 3.98. The van der Waals surface area contributed by atoms with Gasteiger partial charge in [-0.2, -0.15) is 0 Å². The number of halogens is 1. The Labute approximate surface area is 115 Å². The van der Waals surface area contributed by atoms with Crippen molar-refractivity contribution in [2.75, 3.05) is 11.9 Å². The first-order valence-corrected chi connectivity index (χ1v) is 7.39. The lowest BCUT2D eigenvalue weighted by atomic mass is 9.84. The highest BCUT2D eigenvalue weighted by Gasteiger charge is 2.20. The quantitative estimate of drug-likeness (QED) is 0.839. The summed E-state index contributed by atoms with van der Waals surface area (Å²) in [4.78, 5) is 0. The van der Waals surface area contributed by atoms with Crippen molar-refractivity contribution in [1.82, 2.24) is 0 Å². The molecule has 1 atom stereocenters. The van der Waals surface area contributed by atoms with Gasteiger partial charge in [0.25, 0.3) is 0 Å². The SMILES string of the molecule is CCOc1ccc(NC(C)C2CCCCC2)cc1F. The summed E-state index contributed by atoms with van der Waals surface area (Å²) in [7, 11) is 0. The van der Waals surface area contributed by atoms with Crippen molar-refractivity contribution in [3.05, 3.63) is 24.0 Å². The minimum absolute atomic E-state index is 0.289. The number of nitrogens with one attached hydrogen (secondary N) is 1. The lowest BCUT2D eigenvalue weighted by Gasteiger charge is -2.29. The first-order chi connectivity index (χ1) is 9.20. The molecule has 2 rings (SSSR count). The van der Waals surface area contributed by atoms with Gasteiger partial charge in [-0.25, -0.2) is 4.39 Å². The highest BCUT2D eigenvalue weighted by atomic mass is 19.1. The van der Waals surface area contributed by atoms with Crippen molar-refractivity contribution in [3.8, 4) is 5.75 Å². The molecule has 0 heterocycles. The van der Waals surface area contributed by atoms with Crippen molar-refractivity contribution < 1.29 is 9.13 Å². The molecule has 1 N–H and O–H groups in total. The summed E-state index contributed by atoms with van der Waals surface area (Å²) < 4.78 is 19.0. The van der Waals surface area contributed by atoms with Gasteiger partial charge in [0.1, 0.15) is 0 Å². The van der Waals surface area contributed by atoms with Gasteiger partial charge in [-0.3, -0.25) is 0 Å². The Morgan fingerprint density at radius 2 is 2.05 bits per heavy atom. The molecule has 3 heteroatoms. The Morgan fingerprint density at radius 3 is 2.68 bits per heavy atom. The van der Waals surface area contributed by atoms with E-state index in [0.717, 1.165) is 5.69 Å². The second kappa shape index (κ2) is 6.78. The average molecular weight is 265 g/mol. The molecule has 1 aromatic rings. The molecule has 0 aliphatic heterocycles. The zero-order valence-electron chi connectivity index (χ0n) is 11.9. The smallest absolute Gasteiger partial charge is 0.167 e. The summed E-state index contributed by atoms with van der Waals surface area (Å²) in [6.45, 7) is 4.54. The number of benzene rings is 1. The van der Waals surface area contributed by atoms with Crippen LogP contribution in [-0.4, -0.2) is 12.6 Å². The van der Waals surface area contributed by atoms with Crippen LogP contribution in [0.5, 0.6) is 5.75 Å². The van der Waals surface area contributed by atoms with Gasteiger partial charge >= 0.3 is 0 Å². The molecule has 0 amide bonds. The first-order valence-electron chi connectivity index (χ1n) is 7.39. The fourth-order valence-corrected chi connectivity index (χ4v) is 2.88. The van der Waals surface area contributed by atoms with Crippen LogP contribution in [0.4, 0.5) is 10.1 Å². The van der Waals surface area contributed by atoms with Crippen molar-refractivity contribution in [1.29, 1.82) is 0 Å². The maximum Gasteiger partial charge on any atom is 0.167 e. The van der Waals surface area contributed by atoms with E-state index in [1.54, 1.807) is 6.07 Å². The Morgan fingerprint density at radius 1 is 1.32 bits per heavy atom. The summed E-state index contributed by atoms with van der Waals surface area (Å²) >= 11 is 0. The Kier molecular flexibility index (Phi) is 5.06. The van der Waals surface area contributed by atoms with Gasteiger partial charge in [0.05, 0.1) is 6.61 Å². The summed E-state index contributed by atoms with van der Waals surface area (Å²) in [6, 6.07) is 5.53. The fraction of sp³-hybridized carbons (Fsp3) is 0.625. The van der Waals surface area contributed by atoms with Crippen molar-refractivity contribution in [2.45, 2.75) is 52.0 Å². The molecule has 1 fully saturated rings. The van der Waals surface area contributed by atoms with Crippen LogP contribution in [0.1, 0.15) is 46.0 Å². The summed E-state index contributed by atoms with van der Waals surface area (Å²) in [5, 5.41) is 3.43. The molecule has 19 heavy (non-hydrogen) atoms. The predicted molar refractivity (Wildman–Crippen MR) is 77.2 cm³/mol. The fourth-order valence-electron chi connectivity index (χ4n) is 2.88. The molecular formula is C16H24FNO. The molecule has 0 bridgehead atoms. The molecule has 1 aromatic carbocycles. The minimum Gasteiger partial charge on any atom is -0.491 e. The number of rotatable bonds is 5. The largest absolute Gasteiger partial charge is 0.491 e. The zero-order chi connectivity index (χ0) is 13.7.